The first kappa shape index (κ1) is 76.1. The van der Waals surface area contributed by atoms with Crippen molar-refractivity contribution in [2.75, 3.05) is 0 Å². The van der Waals surface area contributed by atoms with Crippen LogP contribution in [0.1, 0.15) is 324 Å². The predicted octanol–water partition coefficient (Wildman–Crippen LogP) is 12.6. The number of hydrogen-bond donors (Lipinski definition) is 0. The summed E-state index contributed by atoms with van der Waals surface area (Å²) in [4.78, 5) is 40.4. The summed E-state index contributed by atoms with van der Waals surface area (Å²) in [6, 6.07) is 0. The molecule has 396 valence electrons. The van der Waals surface area contributed by atoms with Crippen molar-refractivity contribution in [3.63, 3.8) is 0 Å². The van der Waals surface area contributed by atoms with Crippen molar-refractivity contribution in [2.24, 2.45) is 0 Å². The molecule has 0 aliphatic carbocycles. The van der Waals surface area contributed by atoms with Crippen LogP contribution in [0.2, 0.25) is 8.87 Å². The summed E-state index contributed by atoms with van der Waals surface area (Å²) < 4.78 is 3.25. The Kier molecular flexibility index (Phi) is 86.7. The van der Waals surface area contributed by atoms with Crippen molar-refractivity contribution in [3.05, 3.63) is 0 Å². The van der Waals surface area contributed by atoms with E-state index >= 15 is 0 Å². The number of rotatable bonds is 46. The maximum absolute atomic E-state index is 10.1. The van der Waals surface area contributed by atoms with Crippen LogP contribution in [0, 0.1) is 0 Å². The summed E-state index contributed by atoms with van der Waals surface area (Å²) >= 11 is 0.149. The summed E-state index contributed by atoms with van der Waals surface area (Å²) in [6.07, 6.45) is 50.5. The van der Waals surface area contributed by atoms with E-state index in [0.29, 0.717) is 0 Å². The number of carbonyl (C=O) groups is 4. The Balaban J connectivity index is -0.000000171. The summed E-state index contributed by atoms with van der Waals surface area (Å²) in [7, 11) is 0. The molecule has 0 fully saturated rings. The molecule has 0 amide bonds. The van der Waals surface area contributed by atoms with Gasteiger partial charge < -0.3 is 45.1 Å². The van der Waals surface area contributed by atoms with Crippen LogP contribution >= 0.6 is 0 Å². The Morgan fingerprint density at radius 1 is 0.242 bits per heavy atom. The van der Waals surface area contributed by atoms with Crippen molar-refractivity contribution in [1.29, 1.82) is 0 Å². The van der Waals surface area contributed by atoms with Crippen LogP contribution in [-0.4, -0.2) is 45.0 Å². The SMILES string of the molecule is CCCCCCCCCCCC(=O)[O-].CCCCCCCCCCCC(=O)[O-].CCCCCCCCCCCC(=O)[O-].CCCCCCCCCCCC(=O)[O-].CCC[CH2][Sn+2][CH2]CCC.[OH4+2]. The zero-order valence-electron chi connectivity index (χ0n) is 45.0. The fraction of sp³-hybridized carbons (Fsp3) is 0.929. The van der Waals surface area contributed by atoms with E-state index in [0.717, 1.165) is 51.4 Å². The van der Waals surface area contributed by atoms with Crippen molar-refractivity contribution in [1.82, 2.24) is 0 Å². The molecule has 0 aromatic carbocycles. The quantitative estimate of drug-likeness (QED) is 0.0424. The van der Waals surface area contributed by atoms with Crippen molar-refractivity contribution < 1.29 is 45.1 Å². The molecule has 0 atom stereocenters. The molecule has 0 bridgehead atoms. The molecule has 0 rings (SSSR count). The number of carboxylic acid groups (broad SMARTS) is 4. The first-order valence-electron chi connectivity index (χ1n) is 28.0. The van der Waals surface area contributed by atoms with Gasteiger partial charge in [-0.05, 0) is 51.4 Å². The molecule has 0 aliphatic rings. The van der Waals surface area contributed by atoms with Gasteiger partial charge in [-0.2, -0.15) is 0 Å². The molecular formula is C56H114O9Sn. The summed E-state index contributed by atoms with van der Waals surface area (Å²) in [6.45, 7) is 13.5. The first-order valence-corrected chi connectivity index (χ1v) is 32.0. The number of hydrogen-bond acceptors (Lipinski definition) is 8. The van der Waals surface area contributed by atoms with Gasteiger partial charge in [0.2, 0.25) is 0 Å². The first-order chi connectivity index (χ1) is 31.5. The van der Waals surface area contributed by atoms with Crippen LogP contribution in [0.4, 0.5) is 0 Å². The monoisotopic (exact) mass is 1050 g/mol. The standard InChI is InChI=1S/4C12H24O2.2C4H9.H4O.Sn/c4*1-2-3-4-5-6-7-8-9-10-11-12(13)14;2*1-3-4-2;;/h4*2-11H2,1H3,(H,13,14);2*1,3-4H2,2H3;1H4;/q;;;;;;2*+2/p-4. The third-order valence-corrected chi connectivity index (χ3v) is 15.4. The number of aliphatic carboxylic acids is 4. The molecule has 0 spiro atoms. The second kappa shape index (κ2) is 75.2. The molecule has 66 heavy (non-hydrogen) atoms. The van der Waals surface area contributed by atoms with Gasteiger partial charge in [0.25, 0.3) is 0 Å². The summed E-state index contributed by atoms with van der Waals surface area (Å²) in [5, 5.41) is 40.4. The molecule has 0 aromatic rings. The fourth-order valence-corrected chi connectivity index (χ4v) is 11.2. The molecule has 0 heterocycles. The minimum atomic E-state index is -0.909. The van der Waals surface area contributed by atoms with E-state index in [1.54, 1.807) is 8.87 Å². The molecule has 9 nitrogen and oxygen atoms in total. The van der Waals surface area contributed by atoms with Crippen molar-refractivity contribution in [3.8, 4) is 0 Å². The predicted molar refractivity (Wildman–Crippen MR) is 279 cm³/mol. The van der Waals surface area contributed by atoms with Gasteiger partial charge in [-0.25, -0.2) is 0 Å². The smallest absolute Gasteiger partial charge is 0.873 e. The zero-order chi connectivity index (χ0) is 49.5. The second-order valence-corrected chi connectivity index (χ2v) is 22.5. The molecule has 0 aliphatic heterocycles. The Morgan fingerprint density at radius 2 is 0.379 bits per heavy atom. The Bertz CT molecular complexity index is 768. The third kappa shape index (κ3) is 101. The Hall–Kier alpha value is -1.36. The summed E-state index contributed by atoms with van der Waals surface area (Å²) in [5.41, 5.74) is 0. The van der Waals surface area contributed by atoms with Crippen molar-refractivity contribution >= 4 is 45.0 Å². The van der Waals surface area contributed by atoms with E-state index in [2.05, 4.69) is 41.5 Å². The minimum absolute atomic E-state index is 0. The molecule has 0 saturated heterocycles. The molecule has 0 unspecified atom stereocenters. The summed E-state index contributed by atoms with van der Waals surface area (Å²) in [5.74, 6) is -3.64. The van der Waals surface area contributed by atoms with Gasteiger partial charge in [0.05, 0.1) is 0 Å². The van der Waals surface area contributed by atoms with E-state index in [4.69, 9.17) is 0 Å². The van der Waals surface area contributed by atoms with E-state index in [9.17, 15) is 39.6 Å². The number of carboxylic acids is 4. The maximum atomic E-state index is 10.1. The van der Waals surface area contributed by atoms with Crippen molar-refractivity contribution in [2.45, 2.75) is 333 Å². The van der Waals surface area contributed by atoms with Gasteiger partial charge in [0.15, 0.2) is 0 Å². The van der Waals surface area contributed by atoms with Crippen LogP contribution in [0.15, 0.2) is 0 Å². The average Bonchev–Trinajstić information content (AvgIpc) is 3.27. The second-order valence-electron chi connectivity index (χ2n) is 18.3. The van der Waals surface area contributed by atoms with E-state index in [1.165, 1.54) is 205 Å². The van der Waals surface area contributed by atoms with Gasteiger partial charge in [-0.3, -0.25) is 0 Å². The van der Waals surface area contributed by atoms with E-state index < -0.39 is 23.9 Å². The fourth-order valence-electron chi connectivity index (χ4n) is 7.05. The Morgan fingerprint density at radius 3 is 0.515 bits per heavy atom. The molecule has 4 N–H and O–H groups in total. The topological polar surface area (TPSA) is 195 Å². The number of carbonyl (C=O) groups excluding carboxylic acids is 4. The maximum Gasteiger partial charge on any atom is -0.873 e. The molecule has 0 aromatic heterocycles. The van der Waals surface area contributed by atoms with Gasteiger partial charge >= 0.3 is 69.5 Å². The largest absolute Gasteiger partial charge is 0.873 e. The van der Waals surface area contributed by atoms with Gasteiger partial charge in [0.1, 0.15) is 0 Å². The molecule has 10 heteroatoms. The molecule has 0 saturated carbocycles. The van der Waals surface area contributed by atoms with Gasteiger partial charge in [0, 0.05) is 23.9 Å². The minimum Gasteiger partial charge on any atom is -0.873 e. The van der Waals surface area contributed by atoms with Crippen LogP contribution in [0.3, 0.4) is 0 Å². The van der Waals surface area contributed by atoms with E-state index in [1.807, 2.05) is 0 Å². The van der Waals surface area contributed by atoms with Gasteiger partial charge in [-0.1, -0.05) is 233 Å². The van der Waals surface area contributed by atoms with E-state index in [-0.39, 0.29) is 52.3 Å². The average molecular weight is 1050 g/mol. The normalized spacial score (nSPS) is 10.0. The van der Waals surface area contributed by atoms with Crippen LogP contribution in [0.25, 0.3) is 0 Å². The number of unbranched alkanes of at least 4 members (excludes halogenated alkanes) is 34. The Labute approximate surface area is 420 Å². The molecular weight excluding hydrogens is 935 g/mol. The molecule has 0 radical (unpaired) electrons. The third-order valence-electron chi connectivity index (χ3n) is 11.4. The van der Waals surface area contributed by atoms with Crippen LogP contribution in [-0.2, 0) is 24.7 Å². The van der Waals surface area contributed by atoms with Crippen LogP contribution < -0.4 is 20.4 Å². The van der Waals surface area contributed by atoms with Gasteiger partial charge in [-0.15, -0.1) is 0 Å². The zero-order valence-corrected chi connectivity index (χ0v) is 47.9. The van der Waals surface area contributed by atoms with Crippen LogP contribution in [0.5, 0.6) is 0 Å².